The lowest BCUT2D eigenvalue weighted by Gasteiger charge is -2.34. The molecule has 2 nitrogen and oxygen atoms in total. The van der Waals surface area contributed by atoms with Crippen molar-refractivity contribution in [3.05, 3.63) is 29.8 Å². The van der Waals surface area contributed by atoms with E-state index in [1.54, 1.807) is 0 Å². The number of anilines is 1. The van der Waals surface area contributed by atoms with Crippen molar-refractivity contribution < 1.29 is 0 Å². The van der Waals surface area contributed by atoms with E-state index in [1.165, 1.54) is 24.9 Å². The molecule has 1 aromatic carbocycles. The first-order valence-corrected chi connectivity index (χ1v) is 6.91. The zero-order chi connectivity index (χ0) is 13.0. The van der Waals surface area contributed by atoms with E-state index in [0.29, 0.717) is 12.5 Å². The molecular formula is C16H22N2. The molecule has 3 unspecified atom stereocenters. The third kappa shape index (κ3) is 3.26. The van der Waals surface area contributed by atoms with E-state index in [9.17, 15) is 0 Å². The van der Waals surface area contributed by atoms with Gasteiger partial charge < -0.3 is 5.32 Å². The van der Waals surface area contributed by atoms with Crippen LogP contribution in [0.1, 0.15) is 38.7 Å². The molecule has 0 bridgehead atoms. The van der Waals surface area contributed by atoms with Crippen LogP contribution in [0, 0.1) is 23.2 Å². The van der Waals surface area contributed by atoms with Crippen LogP contribution in [0.25, 0.3) is 0 Å². The molecule has 0 spiro atoms. The minimum atomic E-state index is 0.497. The largest absolute Gasteiger partial charge is 0.382 e. The van der Waals surface area contributed by atoms with Crippen LogP contribution in [0.2, 0.25) is 0 Å². The Balaban J connectivity index is 1.98. The van der Waals surface area contributed by atoms with Gasteiger partial charge in [0.25, 0.3) is 0 Å². The van der Waals surface area contributed by atoms with E-state index in [-0.39, 0.29) is 0 Å². The van der Waals surface area contributed by atoms with Crippen molar-refractivity contribution in [1.82, 2.24) is 0 Å². The fourth-order valence-electron chi connectivity index (χ4n) is 2.76. The topological polar surface area (TPSA) is 35.8 Å². The molecule has 1 aromatic rings. The molecule has 0 saturated heterocycles. The Morgan fingerprint density at radius 2 is 1.94 bits per heavy atom. The zero-order valence-corrected chi connectivity index (χ0v) is 11.3. The standard InChI is InChI=1S/C16H22N2/c1-12-3-4-13(2)16(11-12)18-15-7-5-14(6-8-15)9-10-17/h5-8,12-13,16,18H,3-4,9,11H2,1-2H3. The van der Waals surface area contributed by atoms with Crippen LogP contribution in [0.3, 0.4) is 0 Å². The van der Waals surface area contributed by atoms with E-state index in [1.807, 2.05) is 12.1 Å². The smallest absolute Gasteiger partial charge is 0.0669 e. The molecule has 18 heavy (non-hydrogen) atoms. The molecule has 1 aliphatic carbocycles. The first-order chi connectivity index (χ1) is 8.69. The number of rotatable bonds is 3. The van der Waals surface area contributed by atoms with Crippen LogP contribution in [0.5, 0.6) is 0 Å². The molecule has 1 aliphatic rings. The highest BCUT2D eigenvalue weighted by molar-refractivity contribution is 5.46. The molecule has 0 aromatic heterocycles. The molecular weight excluding hydrogens is 220 g/mol. The summed E-state index contributed by atoms with van der Waals surface area (Å²) in [6, 6.07) is 11.1. The number of nitriles is 1. The number of nitrogens with zero attached hydrogens (tertiary/aromatic N) is 1. The Morgan fingerprint density at radius 1 is 1.22 bits per heavy atom. The van der Waals surface area contributed by atoms with Crippen molar-refractivity contribution in [2.24, 2.45) is 11.8 Å². The SMILES string of the molecule is CC1CCC(C)C(Nc2ccc(CC#N)cc2)C1. The summed E-state index contributed by atoms with van der Waals surface area (Å²) in [5.74, 6) is 1.58. The first kappa shape index (κ1) is 13.0. The van der Waals surface area contributed by atoms with Crippen LogP contribution < -0.4 is 5.32 Å². The third-order valence-corrected chi connectivity index (χ3v) is 4.05. The van der Waals surface area contributed by atoms with Gasteiger partial charge in [0.2, 0.25) is 0 Å². The highest BCUT2D eigenvalue weighted by Gasteiger charge is 2.25. The number of benzene rings is 1. The quantitative estimate of drug-likeness (QED) is 0.870. The molecule has 0 amide bonds. The van der Waals surface area contributed by atoms with Gasteiger partial charge in [0, 0.05) is 11.7 Å². The van der Waals surface area contributed by atoms with Crippen molar-refractivity contribution in [3.63, 3.8) is 0 Å². The predicted molar refractivity (Wildman–Crippen MR) is 75.3 cm³/mol. The van der Waals surface area contributed by atoms with Gasteiger partial charge in [-0.05, 0) is 42.4 Å². The molecule has 0 aliphatic heterocycles. The van der Waals surface area contributed by atoms with Gasteiger partial charge in [-0.15, -0.1) is 0 Å². The summed E-state index contributed by atoms with van der Waals surface area (Å²) in [5, 5.41) is 12.3. The Hall–Kier alpha value is -1.49. The van der Waals surface area contributed by atoms with Gasteiger partial charge in [0.1, 0.15) is 0 Å². The highest BCUT2D eigenvalue weighted by atomic mass is 14.9. The van der Waals surface area contributed by atoms with E-state index >= 15 is 0 Å². The average Bonchev–Trinajstić information content (AvgIpc) is 2.37. The molecule has 1 fully saturated rings. The molecule has 2 rings (SSSR count). The van der Waals surface area contributed by atoms with E-state index < -0.39 is 0 Å². The van der Waals surface area contributed by atoms with Crippen molar-refractivity contribution >= 4 is 5.69 Å². The van der Waals surface area contributed by atoms with E-state index in [2.05, 4.69) is 37.4 Å². The lowest BCUT2D eigenvalue weighted by atomic mass is 9.80. The summed E-state index contributed by atoms with van der Waals surface area (Å²) < 4.78 is 0. The van der Waals surface area contributed by atoms with Gasteiger partial charge >= 0.3 is 0 Å². The maximum atomic E-state index is 8.65. The second-order valence-corrected chi connectivity index (χ2v) is 5.68. The monoisotopic (exact) mass is 242 g/mol. The van der Waals surface area contributed by atoms with Gasteiger partial charge in [-0.25, -0.2) is 0 Å². The lowest BCUT2D eigenvalue weighted by Crippen LogP contribution is -2.33. The van der Waals surface area contributed by atoms with Gasteiger partial charge in [0.15, 0.2) is 0 Å². The third-order valence-electron chi connectivity index (χ3n) is 4.05. The zero-order valence-electron chi connectivity index (χ0n) is 11.3. The Morgan fingerprint density at radius 3 is 2.61 bits per heavy atom. The second kappa shape index (κ2) is 5.91. The van der Waals surface area contributed by atoms with Crippen LogP contribution in [0.15, 0.2) is 24.3 Å². The summed E-state index contributed by atoms with van der Waals surface area (Å²) in [5.41, 5.74) is 2.27. The van der Waals surface area contributed by atoms with Crippen molar-refractivity contribution in [2.75, 3.05) is 5.32 Å². The molecule has 1 saturated carbocycles. The molecule has 1 N–H and O–H groups in total. The van der Waals surface area contributed by atoms with Crippen LogP contribution in [0.4, 0.5) is 5.69 Å². The normalized spacial score (nSPS) is 27.5. The lowest BCUT2D eigenvalue weighted by molar-refractivity contribution is 0.281. The molecule has 96 valence electrons. The predicted octanol–water partition coefficient (Wildman–Crippen LogP) is 3.99. The Bertz CT molecular complexity index is 416. The average molecular weight is 242 g/mol. The summed E-state index contributed by atoms with van der Waals surface area (Å²) in [7, 11) is 0. The minimum Gasteiger partial charge on any atom is -0.382 e. The van der Waals surface area contributed by atoms with Crippen LogP contribution in [-0.4, -0.2) is 6.04 Å². The Kier molecular flexibility index (Phi) is 4.25. The number of hydrogen-bond acceptors (Lipinski definition) is 2. The molecule has 0 radical (unpaired) electrons. The fourth-order valence-corrected chi connectivity index (χ4v) is 2.76. The highest BCUT2D eigenvalue weighted by Crippen LogP contribution is 2.30. The second-order valence-electron chi connectivity index (χ2n) is 5.68. The van der Waals surface area contributed by atoms with Crippen molar-refractivity contribution in [2.45, 2.75) is 45.6 Å². The number of hydrogen-bond donors (Lipinski definition) is 1. The fraction of sp³-hybridized carbons (Fsp3) is 0.562. The summed E-state index contributed by atoms with van der Waals surface area (Å²) in [6.45, 7) is 4.68. The first-order valence-electron chi connectivity index (χ1n) is 6.91. The molecule has 2 heteroatoms. The maximum absolute atomic E-state index is 8.65. The maximum Gasteiger partial charge on any atom is 0.0669 e. The van der Waals surface area contributed by atoms with Crippen molar-refractivity contribution in [1.29, 1.82) is 5.26 Å². The summed E-state index contributed by atoms with van der Waals surface area (Å²) in [6.07, 6.45) is 4.45. The van der Waals surface area contributed by atoms with Gasteiger partial charge in [-0.2, -0.15) is 5.26 Å². The van der Waals surface area contributed by atoms with Crippen LogP contribution in [-0.2, 0) is 6.42 Å². The summed E-state index contributed by atoms with van der Waals surface area (Å²) in [4.78, 5) is 0. The minimum absolute atomic E-state index is 0.497. The summed E-state index contributed by atoms with van der Waals surface area (Å²) >= 11 is 0. The van der Waals surface area contributed by atoms with E-state index in [0.717, 1.165) is 17.4 Å². The van der Waals surface area contributed by atoms with Crippen LogP contribution >= 0.6 is 0 Å². The van der Waals surface area contributed by atoms with E-state index in [4.69, 9.17) is 5.26 Å². The van der Waals surface area contributed by atoms with Crippen molar-refractivity contribution in [3.8, 4) is 6.07 Å². The van der Waals surface area contributed by atoms with Gasteiger partial charge in [-0.3, -0.25) is 0 Å². The molecule has 0 heterocycles. The molecule has 3 atom stereocenters. The Labute approximate surface area is 110 Å². The van der Waals surface area contributed by atoms with Gasteiger partial charge in [-0.1, -0.05) is 32.4 Å². The number of nitrogens with one attached hydrogen (secondary N) is 1. The van der Waals surface area contributed by atoms with Gasteiger partial charge in [0.05, 0.1) is 12.5 Å².